The third kappa shape index (κ3) is 3.30. The summed E-state index contributed by atoms with van der Waals surface area (Å²) in [6.07, 6.45) is 4.86. The van der Waals surface area contributed by atoms with Crippen LogP contribution in [0, 0.1) is 11.7 Å². The normalized spacial score (nSPS) is 29.0. The predicted molar refractivity (Wildman–Crippen MR) is 75.4 cm³/mol. The van der Waals surface area contributed by atoms with Crippen molar-refractivity contribution in [1.82, 2.24) is 5.32 Å². The number of ether oxygens (including phenoxy) is 1. The molecule has 0 amide bonds. The van der Waals surface area contributed by atoms with Crippen LogP contribution in [0.15, 0.2) is 18.2 Å². The molecular formula is C16H22FNO2. The maximum atomic E-state index is 13.1. The van der Waals surface area contributed by atoms with E-state index in [4.69, 9.17) is 4.74 Å². The quantitative estimate of drug-likeness (QED) is 0.888. The molecule has 4 heteroatoms. The van der Waals surface area contributed by atoms with Gasteiger partial charge in [-0.25, -0.2) is 4.39 Å². The molecule has 1 unspecified atom stereocenters. The van der Waals surface area contributed by atoms with E-state index in [0.29, 0.717) is 5.92 Å². The molecule has 3 rings (SSSR count). The van der Waals surface area contributed by atoms with Crippen LogP contribution in [-0.2, 0) is 6.42 Å². The number of hydrogen-bond acceptors (Lipinski definition) is 3. The zero-order valence-electron chi connectivity index (χ0n) is 11.6. The standard InChI is InChI=1S/C16H22FNO2/c17-13-3-6-16-12(7-13)8-15(20-16)10-18-9-11-1-4-14(19)5-2-11/h3,6-7,11,14-15,18-19H,1-2,4-5,8-10H2. The lowest BCUT2D eigenvalue weighted by molar-refractivity contribution is 0.107. The molecule has 0 bridgehead atoms. The molecule has 2 aliphatic rings. The Morgan fingerprint density at radius 2 is 2.00 bits per heavy atom. The molecular weight excluding hydrogens is 257 g/mol. The molecule has 0 aromatic heterocycles. The van der Waals surface area contributed by atoms with Crippen molar-refractivity contribution in [3.63, 3.8) is 0 Å². The van der Waals surface area contributed by atoms with Crippen molar-refractivity contribution >= 4 is 0 Å². The first-order valence-electron chi connectivity index (χ1n) is 7.54. The van der Waals surface area contributed by atoms with Crippen molar-refractivity contribution < 1.29 is 14.2 Å². The van der Waals surface area contributed by atoms with Gasteiger partial charge in [0.05, 0.1) is 6.10 Å². The van der Waals surface area contributed by atoms with Gasteiger partial charge in [-0.15, -0.1) is 0 Å². The average molecular weight is 279 g/mol. The molecule has 20 heavy (non-hydrogen) atoms. The number of aliphatic hydroxyl groups excluding tert-OH is 1. The highest BCUT2D eigenvalue weighted by molar-refractivity contribution is 5.37. The van der Waals surface area contributed by atoms with E-state index in [1.54, 1.807) is 12.1 Å². The highest BCUT2D eigenvalue weighted by Gasteiger charge is 2.24. The first-order chi connectivity index (χ1) is 9.70. The Kier molecular flexibility index (Phi) is 4.22. The molecule has 0 spiro atoms. The van der Waals surface area contributed by atoms with Crippen LogP contribution in [0.1, 0.15) is 31.2 Å². The minimum atomic E-state index is -0.193. The number of aliphatic hydroxyl groups is 1. The van der Waals surface area contributed by atoms with E-state index in [0.717, 1.165) is 56.5 Å². The number of nitrogens with one attached hydrogen (secondary N) is 1. The van der Waals surface area contributed by atoms with E-state index in [1.807, 2.05) is 0 Å². The fraction of sp³-hybridized carbons (Fsp3) is 0.625. The van der Waals surface area contributed by atoms with Crippen LogP contribution in [0.5, 0.6) is 5.75 Å². The lowest BCUT2D eigenvalue weighted by atomic mass is 9.87. The largest absolute Gasteiger partial charge is 0.488 e. The third-order valence-corrected chi connectivity index (χ3v) is 4.39. The van der Waals surface area contributed by atoms with Crippen molar-refractivity contribution in [1.29, 1.82) is 0 Å². The lowest BCUT2D eigenvalue weighted by Crippen LogP contribution is -2.34. The van der Waals surface area contributed by atoms with Gasteiger partial charge in [-0.3, -0.25) is 0 Å². The van der Waals surface area contributed by atoms with Gasteiger partial charge >= 0.3 is 0 Å². The van der Waals surface area contributed by atoms with Gasteiger partial charge < -0.3 is 15.2 Å². The maximum Gasteiger partial charge on any atom is 0.123 e. The van der Waals surface area contributed by atoms with Crippen LogP contribution >= 0.6 is 0 Å². The fourth-order valence-electron chi connectivity index (χ4n) is 3.20. The second-order valence-corrected chi connectivity index (χ2v) is 6.03. The Bertz CT molecular complexity index is 458. The topological polar surface area (TPSA) is 41.5 Å². The fourth-order valence-corrected chi connectivity index (χ4v) is 3.20. The Morgan fingerprint density at radius 1 is 1.20 bits per heavy atom. The molecule has 0 radical (unpaired) electrons. The van der Waals surface area contributed by atoms with Crippen molar-refractivity contribution in [3.05, 3.63) is 29.6 Å². The lowest BCUT2D eigenvalue weighted by Gasteiger charge is -2.26. The highest BCUT2D eigenvalue weighted by Crippen LogP contribution is 2.29. The second kappa shape index (κ2) is 6.10. The number of benzene rings is 1. The first kappa shape index (κ1) is 13.8. The van der Waals surface area contributed by atoms with Crippen LogP contribution in [0.2, 0.25) is 0 Å². The predicted octanol–water partition coefficient (Wildman–Crippen LogP) is 2.27. The van der Waals surface area contributed by atoms with E-state index in [-0.39, 0.29) is 18.0 Å². The van der Waals surface area contributed by atoms with E-state index in [2.05, 4.69) is 5.32 Å². The van der Waals surface area contributed by atoms with Crippen LogP contribution in [0.3, 0.4) is 0 Å². The van der Waals surface area contributed by atoms with Gasteiger partial charge in [0.15, 0.2) is 0 Å². The van der Waals surface area contributed by atoms with Crippen molar-refractivity contribution in [2.75, 3.05) is 13.1 Å². The molecule has 3 nitrogen and oxygen atoms in total. The Morgan fingerprint density at radius 3 is 2.80 bits per heavy atom. The Balaban J connectivity index is 1.40. The Labute approximate surface area is 119 Å². The molecule has 1 aliphatic carbocycles. The molecule has 0 saturated heterocycles. The minimum absolute atomic E-state index is 0.0891. The molecule has 2 N–H and O–H groups in total. The zero-order chi connectivity index (χ0) is 13.9. The van der Waals surface area contributed by atoms with Gasteiger partial charge in [0.2, 0.25) is 0 Å². The van der Waals surface area contributed by atoms with Crippen molar-refractivity contribution in [2.45, 2.75) is 44.3 Å². The van der Waals surface area contributed by atoms with Crippen LogP contribution in [0.4, 0.5) is 4.39 Å². The van der Waals surface area contributed by atoms with Gasteiger partial charge in [0.25, 0.3) is 0 Å². The summed E-state index contributed by atoms with van der Waals surface area (Å²) < 4.78 is 18.9. The van der Waals surface area contributed by atoms with Gasteiger partial charge in [-0.1, -0.05) is 0 Å². The molecule has 1 saturated carbocycles. The number of hydrogen-bond donors (Lipinski definition) is 2. The summed E-state index contributed by atoms with van der Waals surface area (Å²) in [5.41, 5.74) is 0.970. The molecule has 1 atom stereocenters. The summed E-state index contributed by atoms with van der Waals surface area (Å²) in [7, 11) is 0. The summed E-state index contributed by atoms with van der Waals surface area (Å²) in [4.78, 5) is 0. The zero-order valence-corrected chi connectivity index (χ0v) is 11.6. The van der Waals surface area contributed by atoms with Crippen LogP contribution < -0.4 is 10.1 Å². The summed E-state index contributed by atoms with van der Waals surface area (Å²) in [6.45, 7) is 1.78. The number of halogens is 1. The monoisotopic (exact) mass is 279 g/mol. The molecule has 1 aromatic rings. The maximum absolute atomic E-state index is 13.1. The van der Waals surface area contributed by atoms with Crippen LogP contribution in [-0.4, -0.2) is 30.4 Å². The van der Waals surface area contributed by atoms with Gasteiger partial charge in [0.1, 0.15) is 17.7 Å². The molecule has 1 heterocycles. The van der Waals surface area contributed by atoms with Crippen LogP contribution in [0.25, 0.3) is 0 Å². The SMILES string of the molecule is OC1CCC(CNCC2Cc3cc(F)ccc3O2)CC1. The van der Waals surface area contributed by atoms with Crippen molar-refractivity contribution in [2.24, 2.45) is 5.92 Å². The highest BCUT2D eigenvalue weighted by atomic mass is 19.1. The van der Waals surface area contributed by atoms with E-state index < -0.39 is 0 Å². The summed E-state index contributed by atoms with van der Waals surface area (Å²) in [5, 5.41) is 12.9. The Hall–Kier alpha value is -1.13. The van der Waals surface area contributed by atoms with Gasteiger partial charge in [-0.2, -0.15) is 0 Å². The summed E-state index contributed by atoms with van der Waals surface area (Å²) in [6, 6.07) is 4.73. The smallest absolute Gasteiger partial charge is 0.123 e. The number of fused-ring (bicyclic) bond motifs is 1. The minimum Gasteiger partial charge on any atom is -0.488 e. The molecule has 1 fully saturated rings. The van der Waals surface area contributed by atoms with Gasteiger partial charge in [0, 0.05) is 18.5 Å². The number of rotatable bonds is 4. The van der Waals surface area contributed by atoms with Crippen molar-refractivity contribution in [3.8, 4) is 5.75 Å². The van der Waals surface area contributed by atoms with E-state index >= 15 is 0 Å². The second-order valence-electron chi connectivity index (χ2n) is 6.03. The summed E-state index contributed by atoms with van der Waals surface area (Å²) >= 11 is 0. The third-order valence-electron chi connectivity index (χ3n) is 4.39. The molecule has 1 aliphatic heterocycles. The molecule has 110 valence electrons. The van der Waals surface area contributed by atoms with E-state index in [1.165, 1.54) is 6.07 Å². The molecule has 1 aromatic carbocycles. The average Bonchev–Trinajstić information content (AvgIpc) is 2.83. The van der Waals surface area contributed by atoms with E-state index in [9.17, 15) is 9.50 Å². The summed E-state index contributed by atoms with van der Waals surface area (Å²) in [5.74, 6) is 1.29. The van der Waals surface area contributed by atoms with Gasteiger partial charge in [-0.05, 0) is 56.3 Å². The first-order valence-corrected chi connectivity index (χ1v) is 7.54.